The van der Waals surface area contributed by atoms with Gasteiger partial charge in [-0.2, -0.15) is 0 Å². The van der Waals surface area contributed by atoms with Gasteiger partial charge in [-0.15, -0.1) is 0 Å². The maximum atomic E-state index is 13.1. The number of hydrogen-bond donors (Lipinski definition) is 1. The summed E-state index contributed by atoms with van der Waals surface area (Å²) in [5.74, 6) is 2.52. The SMILES string of the molecule is CC1CCN(C(=O)C2CC23CCNCC3)C2CCCCC12. The predicted octanol–water partition coefficient (Wildman–Crippen LogP) is 2.80. The Bertz CT molecular complexity index is 415. The lowest BCUT2D eigenvalue weighted by atomic mass is 9.72. The second kappa shape index (κ2) is 5.26. The lowest BCUT2D eigenvalue weighted by molar-refractivity contribution is -0.141. The molecule has 21 heavy (non-hydrogen) atoms. The van der Waals surface area contributed by atoms with Crippen LogP contribution in [0.25, 0.3) is 0 Å². The van der Waals surface area contributed by atoms with Crippen LogP contribution in [-0.4, -0.2) is 36.5 Å². The van der Waals surface area contributed by atoms with Gasteiger partial charge < -0.3 is 10.2 Å². The van der Waals surface area contributed by atoms with Gasteiger partial charge in [0.15, 0.2) is 0 Å². The summed E-state index contributed by atoms with van der Waals surface area (Å²) in [7, 11) is 0. The summed E-state index contributed by atoms with van der Waals surface area (Å²) in [6.45, 7) is 5.68. The van der Waals surface area contributed by atoms with Crippen molar-refractivity contribution in [3.8, 4) is 0 Å². The van der Waals surface area contributed by atoms with Crippen molar-refractivity contribution in [3.63, 3.8) is 0 Å². The van der Waals surface area contributed by atoms with Gasteiger partial charge >= 0.3 is 0 Å². The van der Waals surface area contributed by atoms with Crippen molar-refractivity contribution < 1.29 is 4.79 Å². The topological polar surface area (TPSA) is 32.3 Å². The van der Waals surface area contributed by atoms with Crippen LogP contribution in [0, 0.1) is 23.2 Å². The van der Waals surface area contributed by atoms with E-state index in [1.54, 1.807) is 0 Å². The minimum atomic E-state index is 0.371. The van der Waals surface area contributed by atoms with E-state index in [1.165, 1.54) is 51.4 Å². The van der Waals surface area contributed by atoms with E-state index in [1.807, 2.05) is 0 Å². The number of fused-ring (bicyclic) bond motifs is 1. The molecule has 4 fully saturated rings. The molecule has 0 aromatic rings. The van der Waals surface area contributed by atoms with E-state index >= 15 is 0 Å². The standard InChI is InChI=1S/C18H30N2O/c1-13-6-11-20(16-5-3-2-4-14(13)16)17(21)15-12-18(15)7-9-19-10-8-18/h13-16,19H,2-12H2,1H3. The number of piperidine rings is 2. The quantitative estimate of drug-likeness (QED) is 0.805. The highest BCUT2D eigenvalue weighted by Crippen LogP contribution is 2.59. The van der Waals surface area contributed by atoms with Crippen LogP contribution in [0.2, 0.25) is 0 Å². The predicted molar refractivity (Wildman–Crippen MR) is 83.9 cm³/mol. The van der Waals surface area contributed by atoms with Crippen LogP contribution in [0.5, 0.6) is 0 Å². The molecule has 2 aliphatic carbocycles. The zero-order valence-corrected chi connectivity index (χ0v) is 13.4. The van der Waals surface area contributed by atoms with Crippen molar-refractivity contribution in [3.05, 3.63) is 0 Å². The molecular formula is C18H30N2O. The molecule has 4 atom stereocenters. The van der Waals surface area contributed by atoms with Crippen LogP contribution in [0.1, 0.15) is 58.3 Å². The number of nitrogens with zero attached hydrogens (tertiary/aromatic N) is 1. The molecule has 1 spiro atoms. The van der Waals surface area contributed by atoms with E-state index in [-0.39, 0.29) is 0 Å². The lowest BCUT2D eigenvalue weighted by Crippen LogP contribution is -2.53. The Hall–Kier alpha value is -0.570. The molecule has 4 rings (SSSR count). The number of amides is 1. The molecule has 2 saturated heterocycles. The zero-order valence-electron chi connectivity index (χ0n) is 13.4. The third kappa shape index (κ3) is 2.32. The Labute approximate surface area is 128 Å². The summed E-state index contributed by atoms with van der Waals surface area (Å²) in [5, 5.41) is 3.45. The molecule has 2 heterocycles. The van der Waals surface area contributed by atoms with Gasteiger partial charge in [0.2, 0.25) is 5.91 Å². The monoisotopic (exact) mass is 290 g/mol. The first kappa shape index (κ1) is 14.0. The summed E-state index contributed by atoms with van der Waals surface area (Å²) in [4.78, 5) is 15.4. The van der Waals surface area contributed by atoms with Gasteiger partial charge in [0.05, 0.1) is 0 Å². The molecule has 4 aliphatic rings. The molecule has 0 aromatic carbocycles. The Morgan fingerprint density at radius 3 is 2.71 bits per heavy atom. The molecule has 1 N–H and O–H groups in total. The van der Waals surface area contributed by atoms with Crippen LogP contribution >= 0.6 is 0 Å². The average Bonchev–Trinajstić information content (AvgIpc) is 3.21. The second-order valence-corrected chi connectivity index (χ2v) is 8.18. The fourth-order valence-corrected chi connectivity index (χ4v) is 5.56. The number of likely N-dealkylation sites (tertiary alicyclic amines) is 1. The fourth-order valence-electron chi connectivity index (χ4n) is 5.56. The fraction of sp³-hybridized carbons (Fsp3) is 0.944. The summed E-state index contributed by atoms with van der Waals surface area (Å²) in [6.07, 6.45) is 10.2. The Kier molecular flexibility index (Phi) is 3.52. The van der Waals surface area contributed by atoms with Crippen molar-refractivity contribution in [1.29, 1.82) is 0 Å². The first-order chi connectivity index (χ1) is 10.2. The summed E-state index contributed by atoms with van der Waals surface area (Å²) in [5.41, 5.74) is 0.398. The molecule has 2 saturated carbocycles. The smallest absolute Gasteiger partial charge is 0.226 e. The van der Waals surface area contributed by atoms with Crippen molar-refractivity contribution in [2.24, 2.45) is 23.2 Å². The van der Waals surface area contributed by atoms with Crippen LogP contribution in [0.15, 0.2) is 0 Å². The van der Waals surface area contributed by atoms with Crippen molar-refractivity contribution >= 4 is 5.91 Å². The minimum Gasteiger partial charge on any atom is -0.339 e. The van der Waals surface area contributed by atoms with E-state index in [2.05, 4.69) is 17.1 Å². The third-order valence-corrected chi connectivity index (χ3v) is 7.11. The molecule has 3 nitrogen and oxygen atoms in total. The van der Waals surface area contributed by atoms with Crippen LogP contribution in [0.3, 0.4) is 0 Å². The Morgan fingerprint density at radius 1 is 1.14 bits per heavy atom. The number of carbonyl (C=O) groups is 1. The summed E-state index contributed by atoms with van der Waals surface area (Å²) < 4.78 is 0. The molecule has 0 bridgehead atoms. The van der Waals surface area contributed by atoms with Gasteiger partial charge in [0.25, 0.3) is 0 Å². The molecule has 0 aromatic heterocycles. The van der Waals surface area contributed by atoms with Crippen LogP contribution in [0.4, 0.5) is 0 Å². The highest BCUT2D eigenvalue weighted by Gasteiger charge is 2.59. The van der Waals surface area contributed by atoms with Crippen LogP contribution < -0.4 is 5.32 Å². The lowest BCUT2D eigenvalue weighted by Gasteiger charge is -2.47. The van der Waals surface area contributed by atoms with Gasteiger partial charge in [-0.05, 0) is 68.9 Å². The van der Waals surface area contributed by atoms with Crippen molar-refractivity contribution in [1.82, 2.24) is 10.2 Å². The molecule has 1 amide bonds. The summed E-state index contributed by atoms with van der Waals surface area (Å²) in [6, 6.07) is 0.578. The van der Waals surface area contributed by atoms with E-state index in [4.69, 9.17) is 0 Å². The van der Waals surface area contributed by atoms with Crippen molar-refractivity contribution in [2.45, 2.75) is 64.3 Å². The highest BCUT2D eigenvalue weighted by molar-refractivity contribution is 5.83. The van der Waals surface area contributed by atoms with E-state index < -0.39 is 0 Å². The average molecular weight is 290 g/mol. The number of nitrogens with one attached hydrogen (secondary N) is 1. The first-order valence-electron chi connectivity index (χ1n) is 9.22. The van der Waals surface area contributed by atoms with E-state index in [0.29, 0.717) is 23.3 Å². The highest BCUT2D eigenvalue weighted by atomic mass is 16.2. The van der Waals surface area contributed by atoms with Gasteiger partial charge in [0.1, 0.15) is 0 Å². The van der Waals surface area contributed by atoms with Crippen LogP contribution in [-0.2, 0) is 4.79 Å². The maximum absolute atomic E-state index is 13.1. The summed E-state index contributed by atoms with van der Waals surface area (Å²) >= 11 is 0. The first-order valence-corrected chi connectivity index (χ1v) is 9.22. The van der Waals surface area contributed by atoms with Gasteiger partial charge in [0, 0.05) is 18.5 Å². The maximum Gasteiger partial charge on any atom is 0.226 e. The molecule has 2 aliphatic heterocycles. The van der Waals surface area contributed by atoms with E-state index in [0.717, 1.165) is 31.5 Å². The number of hydrogen-bond acceptors (Lipinski definition) is 2. The van der Waals surface area contributed by atoms with Gasteiger partial charge in [-0.25, -0.2) is 0 Å². The molecule has 4 unspecified atom stereocenters. The van der Waals surface area contributed by atoms with Gasteiger partial charge in [-0.1, -0.05) is 19.8 Å². The molecule has 0 radical (unpaired) electrons. The molecular weight excluding hydrogens is 260 g/mol. The van der Waals surface area contributed by atoms with Gasteiger partial charge in [-0.3, -0.25) is 4.79 Å². The molecule has 3 heteroatoms. The Morgan fingerprint density at radius 2 is 1.90 bits per heavy atom. The zero-order chi connectivity index (χ0) is 14.4. The second-order valence-electron chi connectivity index (χ2n) is 8.18. The minimum absolute atomic E-state index is 0.371. The molecule has 118 valence electrons. The van der Waals surface area contributed by atoms with E-state index in [9.17, 15) is 4.79 Å². The normalized spacial score (nSPS) is 41.7. The number of carbonyl (C=O) groups excluding carboxylic acids is 1. The van der Waals surface area contributed by atoms with Crippen molar-refractivity contribution in [2.75, 3.05) is 19.6 Å². The number of rotatable bonds is 1. The Balaban J connectivity index is 1.47. The third-order valence-electron chi connectivity index (χ3n) is 7.11. The largest absolute Gasteiger partial charge is 0.339 e.